The van der Waals surface area contributed by atoms with Crippen LogP contribution in [0.2, 0.25) is 5.02 Å². The third-order valence-corrected chi connectivity index (χ3v) is 3.77. The van der Waals surface area contributed by atoms with Crippen molar-refractivity contribution < 1.29 is 13.9 Å². The Balaban J connectivity index is 1.77. The molecule has 24 heavy (non-hydrogen) atoms. The third-order valence-electron chi connectivity index (χ3n) is 3.52. The third kappa shape index (κ3) is 3.68. The van der Waals surface area contributed by atoms with Crippen LogP contribution in [0.25, 0.3) is 11.5 Å². The van der Waals surface area contributed by atoms with Crippen molar-refractivity contribution in [2.45, 2.75) is 19.4 Å². The maximum atomic E-state index is 5.94. The molecule has 1 unspecified atom stereocenters. The molecule has 3 aromatic rings. The van der Waals surface area contributed by atoms with Crippen LogP contribution < -0.4 is 9.47 Å². The Morgan fingerprint density at radius 1 is 1.00 bits per heavy atom. The van der Waals surface area contributed by atoms with Crippen molar-refractivity contribution in [3.8, 4) is 23.0 Å². The topological polar surface area (TPSA) is 57.4 Å². The molecule has 1 heterocycles. The molecule has 0 amide bonds. The van der Waals surface area contributed by atoms with Crippen LogP contribution in [0.5, 0.6) is 11.5 Å². The lowest BCUT2D eigenvalue weighted by Gasteiger charge is -2.14. The average molecular weight is 345 g/mol. The molecule has 0 fully saturated rings. The van der Waals surface area contributed by atoms with E-state index in [-0.39, 0.29) is 6.10 Å². The second-order valence-electron chi connectivity index (χ2n) is 5.14. The summed E-state index contributed by atoms with van der Waals surface area (Å²) in [5.74, 6) is 2.38. The fraction of sp³-hybridized carbons (Fsp3) is 0.222. The molecule has 0 bridgehead atoms. The lowest BCUT2D eigenvalue weighted by atomic mass is 10.2. The zero-order valence-electron chi connectivity index (χ0n) is 13.4. The van der Waals surface area contributed by atoms with E-state index in [0.29, 0.717) is 29.0 Å². The number of aromatic nitrogens is 2. The summed E-state index contributed by atoms with van der Waals surface area (Å²) in [6.45, 7) is 2.00. The van der Waals surface area contributed by atoms with Crippen molar-refractivity contribution in [2.24, 2.45) is 0 Å². The molecule has 124 valence electrons. The van der Waals surface area contributed by atoms with Gasteiger partial charge in [0.25, 0.3) is 5.89 Å². The molecule has 0 N–H and O–H groups in total. The molecular weight excluding hydrogens is 328 g/mol. The van der Waals surface area contributed by atoms with Gasteiger partial charge in [-0.3, -0.25) is 0 Å². The van der Waals surface area contributed by atoms with E-state index in [4.69, 9.17) is 25.5 Å². The maximum Gasteiger partial charge on any atom is 0.257 e. The molecule has 0 aliphatic carbocycles. The van der Waals surface area contributed by atoms with E-state index in [2.05, 4.69) is 10.2 Å². The largest absolute Gasteiger partial charge is 0.497 e. The number of ether oxygens (including phenoxy) is 2. The van der Waals surface area contributed by atoms with Gasteiger partial charge in [-0.1, -0.05) is 18.5 Å². The van der Waals surface area contributed by atoms with Gasteiger partial charge < -0.3 is 13.9 Å². The molecular formula is C18H17ClN2O3. The molecule has 3 rings (SSSR count). The molecule has 5 nitrogen and oxygen atoms in total. The summed E-state index contributed by atoms with van der Waals surface area (Å²) >= 11 is 5.89. The smallest absolute Gasteiger partial charge is 0.257 e. The minimum absolute atomic E-state index is 0.313. The first-order chi connectivity index (χ1) is 11.7. The first kappa shape index (κ1) is 16.3. The zero-order valence-corrected chi connectivity index (χ0v) is 14.2. The predicted octanol–water partition coefficient (Wildman–Crippen LogP) is 4.93. The standard InChI is InChI=1S/C18H17ClN2O3/c1-3-16(23-15-10-8-14(22-2)9-11-15)18-21-20-17(24-18)12-4-6-13(19)7-5-12/h4-11,16H,3H2,1-2H3. The molecule has 2 aromatic carbocycles. The van der Waals surface area contributed by atoms with E-state index in [1.54, 1.807) is 19.2 Å². The first-order valence-electron chi connectivity index (χ1n) is 7.59. The highest BCUT2D eigenvalue weighted by Gasteiger charge is 2.19. The van der Waals surface area contributed by atoms with Crippen LogP contribution in [-0.4, -0.2) is 17.3 Å². The summed E-state index contributed by atoms with van der Waals surface area (Å²) in [5, 5.41) is 8.87. The Bertz CT molecular complexity index is 785. The maximum absolute atomic E-state index is 5.94. The van der Waals surface area contributed by atoms with E-state index in [0.717, 1.165) is 11.3 Å². The van der Waals surface area contributed by atoms with Crippen molar-refractivity contribution in [1.29, 1.82) is 0 Å². The Morgan fingerprint density at radius 3 is 2.29 bits per heavy atom. The van der Waals surface area contributed by atoms with Crippen LogP contribution in [0.4, 0.5) is 0 Å². The number of hydrogen-bond acceptors (Lipinski definition) is 5. The van der Waals surface area contributed by atoms with E-state index in [1.165, 1.54) is 0 Å². The van der Waals surface area contributed by atoms with Gasteiger partial charge >= 0.3 is 0 Å². The minimum atomic E-state index is -0.313. The number of nitrogens with zero attached hydrogens (tertiary/aromatic N) is 2. The molecule has 1 atom stereocenters. The monoisotopic (exact) mass is 344 g/mol. The van der Waals surface area contributed by atoms with Crippen LogP contribution in [0.3, 0.4) is 0 Å². The Labute approximate surface area is 145 Å². The van der Waals surface area contributed by atoms with E-state index in [9.17, 15) is 0 Å². The van der Waals surface area contributed by atoms with Gasteiger partial charge in [-0.05, 0) is 55.0 Å². The summed E-state index contributed by atoms with van der Waals surface area (Å²) in [5.41, 5.74) is 0.817. The van der Waals surface area contributed by atoms with Gasteiger partial charge in [0, 0.05) is 10.6 Å². The van der Waals surface area contributed by atoms with E-state index in [1.807, 2.05) is 43.3 Å². The minimum Gasteiger partial charge on any atom is -0.497 e. The fourth-order valence-corrected chi connectivity index (χ4v) is 2.33. The van der Waals surface area contributed by atoms with Crippen LogP contribution in [0, 0.1) is 0 Å². The highest BCUT2D eigenvalue weighted by Crippen LogP contribution is 2.28. The second-order valence-corrected chi connectivity index (χ2v) is 5.58. The number of methoxy groups -OCH3 is 1. The number of hydrogen-bond donors (Lipinski definition) is 0. The van der Waals surface area contributed by atoms with Crippen LogP contribution in [-0.2, 0) is 0 Å². The molecule has 1 aromatic heterocycles. The summed E-state index contributed by atoms with van der Waals surface area (Å²) in [6, 6.07) is 14.6. The molecule has 0 aliphatic rings. The van der Waals surface area contributed by atoms with Gasteiger partial charge in [0.2, 0.25) is 5.89 Å². The summed E-state index contributed by atoms with van der Waals surface area (Å²) in [7, 11) is 1.63. The predicted molar refractivity (Wildman–Crippen MR) is 91.4 cm³/mol. The quantitative estimate of drug-likeness (QED) is 0.634. The normalized spacial score (nSPS) is 12.0. The molecule has 0 aliphatic heterocycles. The van der Waals surface area contributed by atoms with E-state index >= 15 is 0 Å². The molecule has 0 spiro atoms. The van der Waals surface area contributed by atoms with Crippen molar-refractivity contribution >= 4 is 11.6 Å². The second kappa shape index (κ2) is 7.36. The average Bonchev–Trinajstić information content (AvgIpc) is 3.10. The van der Waals surface area contributed by atoms with Crippen molar-refractivity contribution in [1.82, 2.24) is 10.2 Å². The van der Waals surface area contributed by atoms with Gasteiger partial charge in [-0.15, -0.1) is 10.2 Å². The van der Waals surface area contributed by atoms with Crippen LogP contribution >= 0.6 is 11.6 Å². The molecule has 0 saturated heterocycles. The van der Waals surface area contributed by atoms with Crippen molar-refractivity contribution in [3.05, 3.63) is 59.4 Å². The van der Waals surface area contributed by atoms with Gasteiger partial charge in [0.1, 0.15) is 11.5 Å². The first-order valence-corrected chi connectivity index (χ1v) is 7.97. The van der Waals surface area contributed by atoms with E-state index < -0.39 is 0 Å². The van der Waals surface area contributed by atoms with Crippen LogP contribution in [0.15, 0.2) is 52.9 Å². The summed E-state index contributed by atoms with van der Waals surface area (Å²) in [4.78, 5) is 0. The van der Waals surface area contributed by atoms with Gasteiger partial charge in [0.05, 0.1) is 7.11 Å². The highest BCUT2D eigenvalue weighted by atomic mass is 35.5. The van der Waals surface area contributed by atoms with Gasteiger partial charge in [-0.25, -0.2) is 0 Å². The van der Waals surface area contributed by atoms with Crippen molar-refractivity contribution in [3.63, 3.8) is 0 Å². The molecule has 0 saturated carbocycles. The highest BCUT2D eigenvalue weighted by molar-refractivity contribution is 6.30. The molecule has 0 radical (unpaired) electrons. The lowest BCUT2D eigenvalue weighted by Crippen LogP contribution is -2.06. The van der Waals surface area contributed by atoms with Crippen molar-refractivity contribution in [2.75, 3.05) is 7.11 Å². The Hall–Kier alpha value is -2.53. The zero-order chi connectivity index (χ0) is 16.9. The Kier molecular flexibility index (Phi) is 5.01. The van der Waals surface area contributed by atoms with Gasteiger partial charge in [-0.2, -0.15) is 0 Å². The number of rotatable bonds is 6. The SMILES string of the molecule is CCC(Oc1ccc(OC)cc1)c1nnc(-c2ccc(Cl)cc2)o1. The summed E-state index contributed by atoms with van der Waals surface area (Å²) < 4.78 is 16.8. The van der Waals surface area contributed by atoms with Gasteiger partial charge in [0.15, 0.2) is 6.10 Å². The molecule has 6 heteroatoms. The number of benzene rings is 2. The number of halogens is 1. The Morgan fingerprint density at radius 2 is 1.67 bits per heavy atom. The summed E-state index contributed by atoms with van der Waals surface area (Å²) in [6.07, 6.45) is 0.390. The fourth-order valence-electron chi connectivity index (χ4n) is 2.20. The lowest BCUT2D eigenvalue weighted by molar-refractivity contribution is 0.166. The van der Waals surface area contributed by atoms with Crippen LogP contribution in [0.1, 0.15) is 25.3 Å².